The van der Waals surface area contributed by atoms with Crippen LogP contribution in [-0.2, 0) is 0 Å². The first-order valence-electron chi connectivity index (χ1n) is 3.83. The normalized spacial score (nSPS) is 10.7. The first kappa shape index (κ1) is 9.80. The molecule has 0 atom stereocenters. The predicted octanol–water partition coefficient (Wildman–Crippen LogP) is 3.06. The van der Waals surface area contributed by atoms with Crippen molar-refractivity contribution in [1.82, 2.24) is 0 Å². The van der Waals surface area contributed by atoms with Gasteiger partial charge >= 0.3 is 0 Å². The number of nitrogens with zero attached hydrogens (tertiary/aromatic N) is 1. The van der Waals surface area contributed by atoms with Gasteiger partial charge in [-0.25, -0.2) is 4.99 Å². The molecule has 0 amide bonds. The van der Waals surface area contributed by atoms with Crippen molar-refractivity contribution in [2.45, 2.75) is 45.6 Å². The number of hydrogen-bond acceptors (Lipinski definition) is 2. The van der Waals surface area contributed by atoms with Crippen molar-refractivity contribution in [3.05, 3.63) is 0 Å². The van der Waals surface area contributed by atoms with E-state index >= 15 is 0 Å². The summed E-state index contributed by atoms with van der Waals surface area (Å²) in [6, 6.07) is 0. The van der Waals surface area contributed by atoms with Gasteiger partial charge in [0.15, 0.2) is 0 Å². The van der Waals surface area contributed by atoms with E-state index in [0.29, 0.717) is 0 Å². The third-order valence-corrected chi connectivity index (χ3v) is 2.35. The van der Waals surface area contributed by atoms with Crippen LogP contribution in [0.15, 0.2) is 4.99 Å². The van der Waals surface area contributed by atoms with Crippen molar-refractivity contribution < 1.29 is 0 Å². The maximum atomic E-state index is 4.58. The van der Waals surface area contributed by atoms with Crippen LogP contribution in [0.1, 0.15) is 40.0 Å². The molecule has 2 heteroatoms. The van der Waals surface area contributed by atoms with Crippen molar-refractivity contribution in [1.29, 1.82) is 0 Å². The van der Waals surface area contributed by atoms with Gasteiger partial charge in [0.25, 0.3) is 0 Å². The Balaban J connectivity index is 4.29. The highest BCUT2D eigenvalue weighted by molar-refractivity contribution is 7.78. The Bertz CT molecular complexity index is 124. The third-order valence-electron chi connectivity index (χ3n) is 2.26. The first-order valence-corrected chi connectivity index (χ1v) is 4.24. The molecule has 0 aromatic heterocycles. The summed E-state index contributed by atoms with van der Waals surface area (Å²) in [5.41, 5.74) is 0.0851. The van der Waals surface area contributed by atoms with Crippen LogP contribution >= 0.6 is 12.2 Å². The fourth-order valence-corrected chi connectivity index (χ4v) is 1.28. The lowest BCUT2D eigenvalue weighted by Crippen LogP contribution is -2.22. The van der Waals surface area contributed by atoms with Crippen LogP contribution in [0, 0.1) is 0 Å². The second-order valence-corrected chi connectivity index (χ2v) is 2.67. The van der Waals surface area contributed by atoms with Crippen LogP contribution in [0.25, 0.3) is 0 Å². The van der Waals surface area contributed by atoms with E-state index in [1.54, 1.807) is 0 Å². The van der Waals surface area contributed by atoms with Crippen molar-refractivity contribution in [2.75, 3.05) is 0 Å². The van der Waals surface area contributed by atoms with E-state index in [0.717, 1.165) is 19.3 Å². The lowest BCUT2D eigenvalue weighted by molar-refractivity contribution is 0.389. The van der Waals surface area contributed by atoms with E-state index in [-0.39, 0.29) is 5.54 Å². The van der Waals surface area contributed by atoms with E-state index in [2.05, 4.69) is 43.1 Å². The minimum absolute atomic E-state index is 0.0851. The van der Waals surface area contributed by atoms with E-state index in [1.807, 2.05) is 0 Å². The average Bonchev–Trinajstić information content (AvgIpc) is 2.01. The van der Waals surface area contributed by atoms with Gasteiger partial charge in [-0.3, -0.25) is 0 Å². The monoisotopic (exact) mass is 157 g/mol. The summed E-state index contributed by atoms with van der Waals surface area (Å²) >= 11 is 4.58. The Morgan fingerprint density at radius 3 is 1.70 bits per heavy atom. The van der Waals surface area contributed by atoms with Crippen LogP contribution in [0.2, 0.25) is 0 Å². The van der Waals surface area contributed by atoms with Gasteiger partial charge in [-0.05, 0) is 31.5 Å². The van der Waals surface area contributed by atoms with E-state index < -0.39 is 0 Å². The summed E-state index contributed by atoms with van der Waals surface area (Å²) in [5, 5.41) is 2.47. The molecule has 0 rings (SSSR count). The largest absolute Gasteiger partial charge is 0.226 e. The van der Waals surface area contributed by atoms with Crippen LogP contribution in [0.3, 0.4) is 0 Å². The van der Waals surface area contributed by atoms with Gasteiger partial charge in [-0.1, -0.05) is 20.8 Å². The molecule has 0 aliphatic carbocycles. The van der Waals surface area contributed by atoms with Crippen LogP contribution in [0.4, 0.5) is 0 Å². The molecule has 0 saturated heterocycles. The molecule has 0 aliphatic rings. The maximum Gasteiger partial charge on any atom is 0.0703 e. The molecular weight excluding hydrogens is 142 g/mol. The molecule has 0 unspecified atom stereocenters. The molecular formula is C8H15NS. The topological polar surface area (TPSA) is 12.4 Å². The van der Waals surface area contributed by atoms with Gasteiger partial charge in [0.1, 0.15) is 0 Å². The maximum absolute atomic E-state index is 4.58. The number of thiocarbonyl (C=S) groups is 1. The molecule has 0 radical (unpaired) electrons. The zero-order valence-corrected chi connectivity index (χ0v) is 7.79. The zero-order chi connectivity index (χ0) is 8.04. The summed E-state index contributed by atoms with van der Waals surface area (Å²) in [6.45, 7) is 6.43. The molecule has 0 fully saturated rings. The lowest BCUT2D eigenvalue weighted by Gasteiger charge is -2.23. The van der Waals surface area contributed by atoms with E-state index in [4.69, 9.17) is 0 Å². The second-order valence-electron chi connectivity index (χ2n) is 2.49. The molecule has 1 nitrogen and oxygen atoms in total. The third kappa shape index (κ3) is 2.20. The summed E-state index contributed by atoms with van der Waals surface area (Å²) in [5.74, 6) is 0. The van der Waals surface area contributed by atoms with Gasteiger partial charge in [0.2, 0.25) is 0 Å². The van der Waals surface area contributed by atoms with Crippen molar-refractivity contribution >= 4 is 17.4 Å². The van der Waals surface area contributed by atoms with Gasteiger partial charge in [0, 0.05) is 0 Å². The molecule has 10 heavy (non-hydrogen) atoms. The fourth-order valence-electron chi connectivity index (χ4n) is 1.08. The Kier molecular flexibility index (Phi) is 4.50. The number of isothiocyanates is 1. The molecule has 0 N–H and O–H groups in total. The SMILES string of the molecule is CCC(CC)(CC)N=C=S. The Morgan fingerprint density at radius 1 is 1.20 bits per heavy atom. The van der Waals surface area contributed by atoms with Crippen molar-refractivity contribution in [3.63, 3.8) is 0 Å². The van der Waals surface area contributed by atoms with E-state index in [1.165, 1.54) is 0 Å². The minimum atomic E-state index is 0.0851. The lowest BCUT2D eigenvalue weighted by atomic mass is 9.91. The van der Waals surface area contributed by atoms with Gasteiger partial charge in [-0.2, -0.15) is 0 Å². The molecule has 0 heterocycles. The summed E-state index contributed by atoms with van der Waals surface area (Å²) in [6.07, 6.45) is 3.18. The predicted molar refractivity (Wildman–Crippen MR) is 48.6 cm³/mol. The van der Waals surface area contributed by atoms with Crippen molar-refractivity contribution in [3.8, 4) is 0 Å². The average molecular weight is 157 g/mol. The van der Waals surface area contributed by atoms with E-state index in [9.17, 15) is 0 Å². The molecule has 0 aromatic carbocycles. The van der Waals surface area contributed by atoms with Gasteiger partial charge in [0.05, 0.1) is 10.7 Å². The molecule has 0 bridgehead atoms. The minimum Gasteiger partial charge on any atom is -0.226 e. The van der Waals surface area contributed by atoms with Gasteiger partial charge < -0.3 is 0 Å². The number of hydrogen-bond donors (Lipinski definition) is 0. The molecule has 0 spiro atoms. The summed E-state index contributed by atoms with van der Waals surface area (Å²) in [4.78, 5) is 4.18. The van der Waals surface area contributed by atoms with Crippen molar-refractivity contribution in [2.24, 2.45) is 4.99 Å². The molecule has 0 aromatic rings. The highest BCUT2D eigenvalue weighted by Crippen LogP contribution is 2.23. The molecule has 0 saturated carbocycles. The van der Waals surface area contributed by atoms with Crippen LogP contribution in [-0.4, -0.2) is 10.7 Å². The summed E-state index contributed by atoms with van der Waals surface area (Å²) in [7, 11) is 0. The number of aliphatic imine (C=N–C) groups is 1. The molecule has 0 aliphatic heterocycles. The highest BCUT2D eigenvalue weighted by atomic mass is 32.1. The Morgan fingerprint density at radius 2 is 1.60 bits per heavy atom. The standard InChI is InChI=1S/C8H15NS/c1-4-8(5-2,6-3)9-7-10/h4-6H2,1-3H3. The highest BCUT2D eigenvalue weighted by Gasteiger charge is 2.21. The molecule has 58 valence electrons. The zero-order valence-electron chi connectivity index (χ0n) is 6.98. The summed E-state index contributed by atoms with van der Waals surface area (Å²) < 4.78 is 0. The first-order chi connectivity index (χ1) is 4.74. The Labute approximate surface area is 68.5 Å². The van der Waals surface area contributed by atoms with Gasteiger partial charge in [-0.15, -0.1) is 0 Å². The quantitative estimate of drug-likeness (QED) is 0.451. The Hall–Kier alpha value is -0.200. The van der Waals surface area contributed by atoms with Crippen LogP contribution < -0.4 is 0 Å². The fraction of sp³-hybridized carbons (Fsp3) is 0.875. The van der Waals surface area contributed by atoms with Crippen LogP contribution in [0.5, 0.6) is 0 Å². The number of rotatable bonds is 4. The second kappa shape index (κ2) is 4.59. The smallest absolute Gasteiger partial charge is 0.0703 e.